The quantitative estimate of drug-likeness (QED) is 0.843. The van der Waals surface area contributed by atoms with Crippen LogP contribution in [0.5, 0.6) is 0 Å². The van der Waals surface area contributed by atoms with E-state index in [2.05, 4.69) is 5.32 Å². The molecule has 0 saturated carbocycles. The number of carbonyl (C=O) groups excluding carboxylic acids is 1. The van der Waals surface area contributed by atoms with Gasteiger partial charge in [0.25, 0.3) is 0 Å². The van der Waals surface area contributed by atoms with E-state index in [0.717, 1.165) is 24.8 Å². The summed E-state index contributed by atoms with van der Waals surface area (Å²) < 4.78 is 26.8. The van der Waals surface area contributed by atoms with Gasteiger partial charge in [-0.3, -0.25) is 4.79 Å². The fourth-order valence-corrected chi connectivity index (χ4v) is 4.07. The molecule has 128 valence electrons. The van der Waals surface area contributed by atoms with Crippen LogP contribution in [0, 0.1) is 0 Å². The molecule has 3 N–H and O–H groups in total. The SMILES string of the molecule is CC(C)(N)C(=O)NCc1cccc(S(=O)(=O)N2CCCCC2)c1. The van der Waals surface area contributed by atoms with Crippen molar-refractivity contribution in [2.24, 2.45) is 5.73 Å². The fraction of sp³-hybridized carbons (Fsp3) is 0.562. The lowest BCUT2D eigenvalue weighted by Gasteiger charge is -2.26. The number of nitrogens with two attached hydrogens (primary N) is 1. The number of nitrogens with zero attached hydrogens (tertiary/aromatic N) is 1. The number of rotatable bonds is 5. The number of benzene rings is 1. The normalized spacial score (nSPS) is 17.0. The van der Waals surface area contributed by atoms with Gasteiger partial charge in [-0.1, -0.05) is 18.6 Å². The molecule has 0 spiro atoms. The van der Waals surface area contributed by atoms with Crippen LogP contribution in [0.3, 0.4) is 0 Å². The molecule has 1 aliphatic heterocycles. The van der Waals surface area contributed by atoms with Crippen LogP contribution in [0.2, 0.25) is 0 Å². The van der Waals surface area contributed by atoms with E-state index in [9.17, 15) is 13.2 Å². The summed E-state index contributed by atoms with van der Waals surface area (Å²) in [5.74, 6) is -0.276. The topological polar surface area (TPSA) is 92.5 Å². The van der Waals surface area contributed by atoms with E-state index >= 15 is 0 Å². The van der Waals surface area contributed by atoms with Crippen molar-refractivity contribution in [3.05, 3.63) is 29.8 Å². The molecule has 7 heteroatoms. The maximum absolute atomic E-state index is 12.7. The highest BCUT2D eigenvalue weighted by Gasteiger charge is 2.26. The van der Waals surface area contributed by atoms with Gasteiger partial charge in [-0.2, -0.15) is 4.31 Å². The van der Waals surface area contributed by atoms with Crippen LogP contribution in [0.25, 0.3) is 0 Å². The molecule has 2 rings (SSSR count). The van der Waals surface area contributed by atoms with Gasteiger partial charge in [0.2, 0.25) is 15.9 Å². The molecule has 0 atom stereocenters. The lowest BCUT2D eigenvalue weighted by molar-refractivity contribution is -0.125. The molecule has 1 aromatic carbocycles. The lowest BCUT2D eigenvalue weighted by Crippen LogP contribution is -2.48. The van der Waals surface area contributed by atoms with E-state index in [1.165, 1.54) is 4.31 Å². The Balaban J connectivity index is 2.11. The monoisotopic (exact) mass is 339 g/mol. The van der Waals surface area contributed by atoms with Gasteiger partial charge in [0.1, 0.15) is 0 Å². The summed E-state index contributed by atoms with van der Waals surface area (Å²) >= 11 is 0. The van der Waals surface area contributed by atoms with Crippen molar-refractivity contribution in [1.29, 1.82) is 0 Å². The van der Waals surface area contributed by atoms with E-state index in [1.54, 1.807) is 38.1 Å². The first kappa shape index (κ1) is 17.9. The van der Waals surface area contributed by atoms with Gasteiger partial charge in [-0.05, 0) is 44.4 Å². The largest absolute Gasteiger partial charge is 0.350 e. The molecule has 1 amide bonds. The van der Waals surface area contributed by atoms with Crippen molar-refractivity contribution in [3.8, 4) is 0 Å². The molecule has 23 heavy (non-hydrogen) atoms. The zero-order chi connectivity index (χ0) is 17.1. The number of carbonyl (C=O) groups is 1. The first-order valence-corrected chi connectivity index (χ1v) is 9.31. The number of hydrogen-bond donors (Lipinski definition) is 2. The molecule has 0 aliphatic carbocycles. The summed E-state index contributed by atoms with van der Waals surface area (Å²) in [4.78, 5) is 12.1. The van der Waals surface area contributed by atoms with E-state index in [0.29, 0.717) is 13.1 Å². The van der Waals surface area contributed by atoms with Gasteiger partial charge in [-0.25, -0.2) is 8.42 Å². The predicted octanol–water partition coefficient (Wildman–Crippen LogP) is 1.21. The van der Waals surface area contributed by atoms with Crippen molar-refractivity contribution in [3.63, 3.8) is 0 Å². The summed E-state index contributed by atoms with van der Waals surface area (Å²) in [7, 11) is -3.46. The van der Waals surface area contributed by atoms with Crippen LogP contribution in [0.4, 0.5) is 0 Å². The van der Waals surface area contributed by atoms with Gasteiger partial charge < -0.3 is 11.1 Å². The number of nitrogens with one attached hydrogen (secondary N) is 1. The van der Waals surface area contributed by atoms with Crippen LogP contribution in [0.15, 0.2) is 29.2 Å². The maximum atomic E-state index is 12.7. The minimum Gasteiger partial charge on any atom is -0.350 e. The smallest absolute Gasteiger partial charge is 0.243 e. The fourth-order valence-electron chi connectivity index (χ4n) is 2.48. The molecule has 1 heterocycles. The van der Waals surface area contributed by atoms with Gasteiger partial charge in [0.05, 0.1) is 10.4 Å². The standard InChI is InChI=1S/C16H25N3O3S/c1-16(2,17)15(20)18-12-13-7-6-8-14(11-13)23(21,22)19-9-4-3-5-10-19/h6-8,11H,3-5,9-10,12,17H2,1-2H3,(H,18,20). The summed E-state index contributed by atoms with van der Waals surface area (Å²) in [6, 6.07) is 6.71. The summed E-state index contributed by atoms with van der Waals surface area (Å²) in [5, 5.41) is 2.72. The Hall–Kier alpha value is -1.44. The Labute approximate surface area is 138 Å². The second-order valence-electron chi connectivity index (χ2n) is 6.52. The second-order valence-corrected chi connectivity index (χ2v) is 8.45. The highest BCUT2D eigenvalue weighted by Crippen LogP contribution is 2.21. The molecule has 0 radical (unpaired) electrons. The second kappa shape index (κ2) is 6.98. The Bertz CT molecular complexity index is 659. The molecule has 1 aliphatic rings. The molecule has 1 saturated heterocycles. The zero-order valence-corrected chi connectivity index (χ0v) is 14.5. The Kier molecular flexibility index (Phi) is 5.44. The molecule has 0 aromatic heterocycles. The van der Waals surface area contributed by atoms with Crippen molar-refractivity contribution in [2.75, 3.05) is 13.1 Å². The summed E-state index contributed by atoms with van der Waals surface area (Å²) in [5.41, 5.74) is 5.50. The number of sulfonamides is 1. The molecule has 1 aromatic rings. The van der Waals surface area contributed by atoms with Crippen molar-refractivity contribution < 1.29 is 13.2 Å². The van der Waals surface area contributed by atoms with Crippen LogP contribution < -0.4 is 11.1 Å². The van der Waals surface area contributed by atoms with Crippen LogP contribution in [-0.2, 0) is 21.4 Å². The van der Waals surface area contributed by atoms with E-state index in [4.69, 9.17) is 5.73 Å². The molecular weight excluding hydrogens is 314 g/mol. The maximum Gasteiger partial charge on any atom is 0.243 e. The first-order chi connectivity index (χ1) is 10.7. The van der Waals surface area contributed by atoms with E-state index in [-0.39, 0.29) is 17.3 Å². The van der Waals surface area contributed by atoms with E-state index in [1.807, 2.05) is 0 Å². The van der Waals surface area contributed by atoms with Gasteiger partial charge in [-0.15, -0.1) is 0 Å². The Morgan fingerprint density at radius 1 is 1.26 bits per heavy atom. The third-order valence-electron chi connectivity index (χ3n) is 3.89. The molecule has 1 fully saturated rings. The average Bonchev–Trinajstić information content (AvgIpc) is 2.52. The third-order valence-corrected chi connectivity index (χ3v) is 5.78. The molecule has 6 nitrogen and oxygen atoms in total. The Morgan fingerprint density at radius 2 is 1.91 bits per heavy atom. The lowest BCUT2D eigenvalue weighted by atomic mass is 10.1. The minimum atomic E-state index is -3.46. The molecular formula is C16H25N3O3S. The zero-order valence-electron chi connectivity index (χ0n) is 13.7. The highest BCUT2D eigenvalue weighted by atomic mass is 32.2. The molecule has 0 bridgehead atoms. The number of hydrogen-bond acceptors (Lipinski definition) is 4. The van der Waals surface area contributed by atoms with Crippen LogP contribution >= 0.6 is 0 Å². The van der Waals surface area contributed by atoms with Crippen LogP contribution in [0.1, 0.15) is 38.7 Å². The number of amides is 1. The van der Waals surface area contributed by atoms with Crippen LogP contribution in [-0.4, -0.2) is 37.3 Å². The van der Waals surface area contributed by atoms with E-state index < -0.39 is 15.6 Å². The van der Waals surface area contributed by atoms with Crippen molar-refractivity contribution in [2.45, 2.75) is 50.1 Å². The first-order valence-electron chi connectivity index (χ1n) is 7.87. The summed E-state index contributed by atoms with van der Waals surface area (Å²) in [6.45, 7) is 4.65. The minimum absolute atomic E-state index is 0.253. The van der Waals surface area contributed by atoms with Gasteiger partial charge in [0.15, 0.2) is 0 Å². The highest BCUT2D eigenvalue weighted by molar-refractivity contribution is 7.89. The molecule has 0 unspecified atom stereocenters. The predicted molar refractivity (Wildman–Crippen MR) is 89.2 cm³/mol. The van der Waals surface area contributed by atoms with Gasteiger partial charge in [0, 0.05) is 19.6 Å². The number of piperidine rings is 1. The Morgan fingerprint density at radius 3 is 2.52 bits per heavy atom. The average molecular weight is 339 g/mol. The van der Waals surface area contributed by atoms with Crippen molar-refractivity contribution in [1.82, 2.24) is 9.62 Å². The third kappa shape index (κ3) is 4.53. The van der Waals surface area contributed by atoms with Gasteiger partial charge >= 0.3 is 0 Å². The van der Waals surface area contributed by atoms with Crippen molar-refractivity contribution >= 4 is 15.9 Å². The summed E-state index contributed by atoms with van der Waals surface area (Å²) in [6.07, 6.45) is 2.88.